The summed E-state index contributed by atoms with van der Waals surface area (Å²) in [7, 11) is 0. The van der Waals surface area contributed by atoms with E-state index in [0.29, 0.717) is 5.92 Å². The number of benzene rings is 1. The largest absolute Gasteiger partial charge is 0.376 e. The molecule has 0 aliphatic carbocycles. The van der Waals surface area contributed by atoms with Gasteiger partial charge in [-0.2, -0.15) is 0 Å². The highest BCUT2D eigenvalue weighted by molar-refractivity contribution is 8.17. The SMILES string of the molecule is C[C@@H](COCc1ccccc1)CC1SCCCS1. The quantitative estimate of drug-likeness (QED) is 0.764. The van der Waals surface area contributed by atoms with Crippen molar-refractivity contribution in [2.45, 2.75) is 31.0 Å². The van der Waals surface area contributed by atoms with Gasteiger partial charge in [0.05, 0.1) is 11.2 Å². The summed E-state index contributed by atoms with van der Waals surface area (Å²) in [6.45, 7) is 3.93. The predicted molar refractivity (Wildman–Crippen MR) is 83.2 cm³/mol. The fraction of sp³-hybridized carbons (Fsp3) is 0.600. The van der Waals surface area contributed by atoms with Crippen LogP contribution in [-0.2, 0) is 11.3 Å². The van der Waals surface area contributed by atoms with Crippen molar-refractivity contribution in [3.63, 3.8) is 0 Å². The molecule has 0 spiro atoms. The Bertz CT molecular complexity index is 323. The standard InChI is InChI=1S/C15H22OS2/c1-13(10-15-17-8-5-9-18-15)11-16-12-14-6-3-2-4-7-14/h2-4,6-7,13,15H,5,8-12H2,1H3/t13-/m1/s1. The molecule has 1 aromatic rings. The average molecular weight is 282 g/mol. The lowest BCUT2D eigenvalue weighted by Gasteiger charge is -2.23. The molecule has 0 bridgehead atoms. The maximum atomic E-state index is 5.80. The number of rotatable bonds is 6. The van der Waals surface area contributed by atoms with Crippen LogP contribution in [-0.4, -0.2) is 22.7 Å². The fourth-order valence-electron chi connectivity index (χ4n) is 2.02. The Morgan fingerprint density at radius 1 is 1.22 bits per heavy atom. The van der Waals surface area contributed by atoms with Crippen molar-refractivity contribution in [3.05, 3.63) is 35.9 Å². The zero-order valence-electron chi connectivity index (χ0n) is 11.0. The van der Waals surface area contributed by atoms with Gasteiger partial charge in [-0.1, -0.05) is 37.3 Å². The van der Waals surface area contributed by atoms with E-state index in [0.717, 1.165) is 17.8 Å². The highest BCUT2D eigenvalue weighted by Gasteiger charge is 2.17. The summed E-state index contributed by atoms with van der Waals surface area (Å²) in [6.07, 6.45) is 2.66. The molecule has 0 N–H and O–H groups in total. The Labute approximate surface area is 119 Å². The molecule has 1 atom stereocenters. The van der Waals surface area contributed by atoms with Gasteiger partial charge in [0, 0.05) is 6.61 Å². The van der Waals surface area contributed by atoms with Crippen LogP contribution in [0.3, 0.4) is 0 Å². The van der Waals surface area contributed by atoms with Crippen molar-refractivity contribution in [3.8, 4) is 0 Å². The average Bonchev–Trinajstić information content (AvgIpc) is 2.41. The van der Waals surface area contributed by atoms with Crippen LogP contribution in [0.2, 0.25) is 0 Å². The number of hydrogen-bond donors (Lipinski definition) is 0. The van der Waals surface area contributed by atoms with E-state index in [2.05, 4.69) is 54.7 Å². The first-order valence-electron chi connectivity index (χ1n) is 6.69. The number of hydrogen-bond acceptors (Lipinski definition) is 3. The molecule has 0 amide bonds. The molecule has 1 aromatic carbocycles. The highest BCUT2D eigenvalue weighted by Crippen LogP contribution is 2.34. The lowest BCUT2D eigenvalue weighted by Crippen LogP contribution is -2.14. The van der Waals surface area contributed by atoms with E-state index in [9.17, 15) is 0 Å². The third-order valence-corrected chi connectivity index (χ3v) is 6.00. The summed E-state index contributed by atoms with van der Waals surface area (Å²) in [5.74, 6) is 3.35. The van der Waals surface area contributed by atoms with E-state index >= 15 is 0 Å². The predicted octanol–water partition coefficient (Wildman–Crippen LogP) is 4.43. The van der Waals surface area contributed by atoms with Crippen molar-refractivity contribution in [1.29, 1.82) is 0 Å². The lowest BCUT2D eigenvalue weighted by atomic mass is 10.1. The van der Waals surface area contributed by atoms with E-state index < -0.39 is 0 Å². The second-order valence-corrected chi connectivity index (χ2v) is 7.79. The summed E-state index contributed by atoms with van der Waals surface area (Å²) in [5.41, 5.74) is 1.27. The van der Waals surface area contributed by atoms with Gasteiger partial charge in [-0.25, -0.2) is 0 Å². The molecule has 0 saturated carbocycles. The first-order valence-corrected chi connectivity index (χ1v) is 8.79. The second kappa shape index (κ2) is 8.13. The third kappa shape index (κ3) is 5.25. The summed E-state index contributed by atoms with van der Waals surface area (Å²) >= 11 is 4.26. The van der Waals surface area contributed by atoms with Gasteiger partial charge in [-0.3, -0.25) is 0 Å². The highest BCUT2D eigenvalue weighted by atomic mass is 32.2. The minimum Gasteiger partial charge on any atom is -0.376 e. The van der Waals surface area contributed by atoms with E-state index in [1.54, 1.807) is 0 Å². The molecule has 1 aliphatic rings. The normalized spacial score (nSPS) is 18.7. The maximum Gasteiger partial charge on any atom is 0.0717 e. The third-order valence-electron chi connectivity index (χ3n) is 3.00. The molecule has 0 aromatic heterocycles. The van der Waals surface area contributed by atoms with Crippen molar-refractivity contribution in [2.24, 2.45) is 5.92 Å². The Kier molecular flexibility index (Phi) is 6.46. The van der Waals surface area contributed by atoms with Crippen LogP contribution in [0.1, 0.15) is 25.3 Å². The molecule has 1 nitrogen and oxygen atoms in total. The molecule has 1 heterocycles. The van der Waals surface area contributed by atoms with Gasteiger partial charge < -0.3 is 4.74 Å². The number of ether oxygens (including phenoxy) is 1. The maximum absolute atomic E-state index is 5.80. The van der Waals surface area contributed by atoms with Gasteiger partial charge >= 0.3 is 0 Å². The van der Waals surface area contributed by atoms with E-state index in [4.69, 9.17) is 4.74 Å². The van der Waals surface area contributed by atoms with Crippen molar-refractivity contribution in [1.82, 2.24) is 0 Å². The molecule has 0 radical (unpaired) electrons. The molecule has 3 heteroatoms. The van der Waals surface area contributed by atoms with Crippen LogP contribution in [0.15, 0.2) is 30.3 Å². The topological polar surface area (TPSA) is 9.23 Å². The van der Waals surface area contributed by atoms with Gasteiger partial charge in [0.15, 0.2) is 0 Å². The van der Waals surface area contributed by atoms with Gasteiger partial charge in [0.25, 0.3) is 0 Å². The summed E-state index contributed by atoms with van der Waals surface area (Å²) < 4.78 is 6.60. The molecule has 1 aliphatic heterocycles. The van der Waals surface area contributed by atoms with Crippen LogP contribution in [0, 0.1) is 5.92 Å². The van der Waals surface area contributed by atoms with Crippen molar-refractivity contribution >= 4 is 23.5 Å². The van der Waals surface area contributed by atoms with E-state index in [-0.39, 0.29) is 0 Å². The minimum absolute atomic E-state index is 0.664. The van der Waals surface area contributed by atoms with Gasteiger partial charge in [-0.05, 0) is 35.8 Å². The smallest absolute Gasteiger partial charge is 0.0717 e. The zero-order valence-corrected chi connectivity index (χ0v) is 12.6. The first kappa shape index (κ1) is 14.3. The van der Waals surface area contributed by atoms with E-state index in [1.807, 2.05) is 6.07 Å². The molecule has 1 fully saturated rings. The first-order chi connectivity index (χ1) is 8.84. The van der Waals surface area contributed by atoms with Gasteiger partial charge in [0.1, 0.15) is 0 Å². The molecule has 1 saturated heterocycles. The molecule has 100 valence electrons. The summed E-state index contributed by atoms with van der Waals surface area (Å²) in [6, 6.07) is 10.4. The van der Waals surface area contributed by atoms with Crippen LogP contribution in [0.4, 0.5) is 0 Å². The fourth-order valence-corrected chi connectivity index (χ4v) is 5.24. The molecule has 0 unspecified atom stereocenters. The Hall–Kier alpha value is -0.120. The summed E-state index contributed by atoms with van der Waals surface area (Å²) in [4.78, 5) is 0. The lowest BCUT2D eigenvalue weighted by molar-refractivity contribution is 0.0908. The Balaban J connectivity index is 1.61. The minimum atomic E-state index is 0.664. The van der Waals surface area contributed by atoms with Gasteiger partial charge in [-0.15, -0.1) is 23.5 Å². The van der Waals surface area contributed by atoms with Crippen LogP contribution in [0.5, 0.6) is 0 Å². The van der Waals surface area contributed by atoms with Crippen LogP contribution in [0.25, 0.3) is 0 Å². The van der Waals surface area contributed by atoms with Gasteiger partial charge in [0.2, 0.25) is 0 Å². The zero-order chi connectivity index (χ0) is 12.6. The monoisotopic (exact) mass is 282 g/mol. The Morgan fingerprint density at radius 3 is 2.67 bits per heavy atom. The molecule has 18 heavy (non-hydrogen) atoms. The molecular formula is C15H22OS2. The second-order valence-electron chi connectivity index (χ2n) is 4.87. The Morgan fingerprint density at radius 2 is 1.94 bits per heavy atom. The van der Waals surface area contributed by atoms with Crippen LogP contribution < -0.4 is 0 Å². The summed E-state index contributed by atoms with van der Waals surface area (Å²) in [5, 5.41) is 0. The van der Waals surface area contributed by atoms with Crippen LogP contribution >= 0.6 is 23.5 Å². The van der Waals surface area contributed by atoms with E-state index in [1.165, 1.54) is 29.9 Å². The molecular weight excluding hydrogens is 260 g/mol. The molecule has 2 rings (SSSR count). The van der Waals surface area contributed by atoms with Crippen molar-refractivity contribution < 1.29 is 4.74 Å². The number of thioether (sulfide) groups is 2. The van der Waals surface area contributed by atoms with Crippen molar-refractivity contribution in [2.75, 3.05) is 18.1 Å².